The van der Waals surface area contributed by atoms with E-state index < -0.39 is 5.97 Å². The molecule has 2 aromatic carbocycles. The van der Waals surface area contributed by atoms with Crippen LogP contribution in [0.1, 0.15) is 36.5 Å². The number of hydrogen-bond acceptors (Lipinski definition) is 3. The summed E-state index contributed by atoms with van der Waals surface area (Å²) in [6, 6.07) is 15.2. The van der Waals surface area contributed by atoms with Crippen molar-refractivity contribution in [2.24, 2.45) is 4.99 Å². The average Bonchev–Trinajstić information content (AvgIpc) is 2.89. The van der Waals surface area contributed by atoms with Crippen LogP contribution in [0, 0.1) is 0 Å². The highest BCUT2D eigenvalue weighted by Crippen LogP contribution is 2.24. The highest BCUT2D eigenvalue weighted by Gasteiger charge is 2.25. The van der Waals surface area contributed by atoms with Gasteiger partial charge in [0, 0.05) is 0 Å². The van der Waals surface area contributed by atoms with Crippen LogP contribution < -0.4 is 0 Å². The zero-order chi connectivity index (χ0) is 16.4. The quantitative estimate of drug-likeness (QED) is 0.600. The van der Waals surface area contributed by atoms with Crippen LogP contribution in [0.4, 0.5) is 0 Å². The summed E-state index contributed by atoms with van der Waals surface area (Å²) in [7, 11) is 0. The van der Waals surface area contributed by atoms with Crippen LogP contribution in [0.2, 0.25) is 5.02 Å². The summed E-state index contributed by atoms with van der Waals surface area (Å²) in [6.45, 7) is 4.28. The van der Waals surface area contributed by atoms with Crippen molar-refractivity contribution in [1.82, 2.24) is 0 Å². The molecule has 0 aliphatic carbocycles. The number of cyclic esters (lactones) is 1. The van der Waals surface area contributed by atoms with Gasteiger partial charge in [0.1, 0.15) is 0 Å². The molecule has 0 atom stereocenters. The molecule has 1 aliphatic heterocycles. The lowest BCUT2D eigenvalue weighted by Gasteiger charge is -2.04. The first-order valence-corrected chi connectivity index (χ1v) is 7.80. The molecule has 23 heavy (non-hydrogen) atoms. The topological polar surface area (TPSA) is 38.7 Å². The first-order valence-electron chi connectivity index (χ1n) is 7.42. The van der Waals surface area contributed by atoms with E-state index in [4.69, 9.17) is 16.3 Å². The number of halogens is 1. The molecular weight excluding hydrogens is 310 g/mol. The van der Waals surface area contributed by atoms with Crippen molar-refractivity contribution < 1.29 is 9.53 Å². The molecule has 0 N–H and O–H groups in total. The number of rotatable bonds is 3. The monoisotopic (exact) mass is 325 g/mol. The van der Waals surface area contributed by atoms with Gasteiger partial charge in [0.05, 0.1) is 10.6 Å². The molecule has 1 heterocycles. The lowest BCUT2D eigenvalue weighted by atomic mass is 10.0. The van der Waals surface area contributed by atoms with Gasteiger partial charge in [-0.1, -0.05) is 61.8 Å². The Morgan fingerprint density at radius 1 is 1.09 bits per heavy atom. The van der Waals surface area contributed by atoms with E-state index in [2.05, 4.69) is 31.0 Å². The smallest absolute Gasteiger partial charge is 0.363 e. The molecule has 0 amide bonds. The summed E-state index contributed by atoms with van der Waals surface area (Å²) >= 11 is 6.12. The minimum Gasteiger partial charge on any atom is -0.402 e. The average molecular weight is 326 g/mol. The maximum absolute atomic E-state index is 12.0. The molecule has 0 fully saturated rings. The van der Waals surface area contributed by atoms with Crippen LogP contribution in [0.15, 0.2) is 59.2 Å². The zero-order valence-corrected chi connectivity index (χ0v) is 13.7. The van der Waals surface area contributed by atoms with E-state index in [1.165, 1.54) is 5.56 Å². The summed E-state index contributed by atoms with van der Waals surface area (Å²) in [5.74, 6) is 0.247. The first-order chi connectivity index (χ1) is 11.0. The Labute approximate surface area is 140 Å². The standard InChI is InChI=1S/C19H16ClNO2/c1-12(2)14-9-7-13(8-10-14)11-17-19(22)23-18(21-17)15-5-3-4-6-16(15)20/h3-12H,1-2H3. The maximum atomic E-state index is 12.0. The molecule has 3 rings (SSSR count). The normalized spacial score (nSPS) is 15.9. The number of nitrogens with zero attached hydrogens (tertiary/aromatic N) is 1. The predicted octanol–water partition coefficient (Wildman–Crippen LogP) is 4.81. The van der Waals surface area contributed by atoms with E-state index >= 15 is 0 Å². The number of hydrogen-bond donors (Lipinski definition) is 0. The summed E-state index contributed by atoms with van der Waals surface area (Å²) in [5, 5.41) is 0.501. The molecule has 3 nitrogen and oxygen atoms in total. The molecule has 4 heteroatoms. The predicted molar refractivity (Wildman–Crippen MR) is 92.6 cm³/mol. The fourth-order valence-electron chi connectivity index (χ4n) is 2.29. The molecule has 0 radical (unpaired) electrons. The Hall–Kier alpha value is -2.39. The highest BCUT2D eigenvalue weighted by molar-refractivity contribution is 6.34. The van der Waals surface area contributed by atoms with Gasteiger partial charge in [-0.2, -0.15) is 0 Å². The molecule has 1 aliphatic rings. The number of benzene rings is 2. The molecule has 0 saturated heterocycles. The molecule has 0 unspecified atom stereocenters. The minimum absolute atomic E-state index is 0.241. The Kier molecular flexibility index (Phi) is 4.30. The number of carbonyl (C=O) groups excluding carboxylic acids is 1. The third kappa shape index (κ3) is 3.35. The van der Waals surface area contributed by atoms with Crippen molar-refractivity contribution in [3.63, 3.8) is 0 Å². The van der Waals surface area contributed by atoms with Crippen LogP contribution in [-0.2, 0) is 9.53 Å². The molecule has 0 aromatic heterocycles. The van der Waals surface area contributed by atoms with Gasteiger partial charge >= 0.3 is 5.97 Å². The number of ether oxygens (including phenoxy) is 1. The van der Waals surface area contributed by atoms with Crippen molar-refractivity contribution in [2.75, 3.05) is 0 Å². The van der Waals surface area contributed by atoms with E-state index in [0.717, 1.165) is 5.56 Å². The van der Waals surface area contributed by atoms with Crippen LogP contribution in [0.25, 0.3) is 6.08 Å². The van der Waals surface area contributed by atoms with Gasteiger partial charge in [0.2, 0.25) is 5.90 Å². The summed E-state index contributed by atoms with van der Waals surface area (Å²) in [4.78, 5) is 16.3. The van der Waals surface area contributed by atoms with Gasteiger partial charge < -0.3 is 4.74 Å². The Bertz CT molecular complexity index is 804. The first kappa shape index (κ1) is 15.5. The SMILES string of the molecule is CC(C)c1ccc(C=C2N=C(c3ccccc3Cl)OC2=O)cc1. The maximum Gasteiger partial charge on any atom is 0.363 e. The number of carbonyl (C=O) groups is 1. The van der Waals surface area contributed by atoms with Crippen molar-refractivity contribution in [1.29, 1.82) is 0 Å². The Morgan fingerprint density at radius 3 is 2.43 bits per heavy atom. The molecular formula is C19H16ClNO2. The highest BCUT2D eigenvalue weighted by atomic mass is 35.5. The zero-order valence-electron chi connectivity index (χ0n) is 12.9. The third-order valence-corrected chi connectivity index (χ3v) is 3.96. The lowest BCUT2D eigenvalue weighted by molar-refractivity contribution is -0.129. The molecule has 0 spiro atoms. The van der Waals surface area contributed by atoms with Crippen LogP contribution in [0.5, 0.6) is 0 Å². The summed E-state index contributed by atoms with van der Waals surface area (Å²) in [5.41, 5.74) is 3.05. The minimum atomic E-state index is -0.465. The number of esters is 1. The largest absolute Gasteiger partial charge is 0.402 e. The van der Waals surface area contributed by atoms with E-state index in [1.807, 2.05) is 24.3 Å². The Balaban J connectivity index is 1.90. The van der Waals surface area contributed by atoms with Crippen LogP contribution >= 0.6 is 11.6 Å². The lowest BCUT2D eigenvalue weighted by Crippen LogP contribution is -2.05. The van der Waals surface area contributed by atoms with E-state index in [0.29, 0.717) is 16.5 Å². The van der Waals surface area contributed by atoms with Gasteiger partial charge in [-0.25, -0.2) is 9.79 Å². The Morgan fingerprint density at radius 2 is 1.78 bits per heavy atom. The van der Waals surface area contributed by atoms with Crippen LogP contribution in [-0.4, -0.2) is 11.9 Å². The van der Waals surface area contributed by atoms with E-state index in [-0.39, 0.29) is 11.6 Å². The van der Waals surface area contributed by atoms with Crippen LogP contribution in [0.3, 0.4) is 0 Å². The molecule has 2 aromatic rings. The second kappa shape index (κ2) is 6.39. The van der Waals surface area contributed by atoms with Gasteiger partial charge in [0.25, 0.3) is 0 Å². The van der Waals surface area contributed by atoms with Gasteiger partial charge in [-0.15, -0.1) is 0 Å². The second-order valence-electron chi connectivity index (χ2n) is 5.64. The summed E-state index contributed by atoms with van der Waals surface area (Å²) < 4.78 is 5.23. The summed E-state index contributed by atoms with van der Waals surface area (Å²) in [6.07, 6.45) is 1.72. The van der Waals surface area contributed by atoms with Crippen molar-refractivity contribution in [2.45, 2.75) is 19.8 Å². The van der Waals surface area contributed by atoms with E-state index in [9.17, 15) is 4.79 Å². The molecule has 0 saturated carbocycles. The fraction of sp³-hybridized carbons (Fsp3) is 0.158. The molecule has 116 valence electrons. The number of aliphatic imine (C=N–C) groups is 1. The van der Waals surface area contributed by atoms with Gasteiger partial charge in [-0.3, -0.25) is 0 Å². The second-order valence-corrected chi connectivity index (χ2v) is 6.04. The van der Waals surface area contributed by atoms with Gasteiger partial charge in [-0.05, 0) is 35.3 Å². The van der Waals surface area contributed by atoms with Crippen molar-refractivity contribution in [3.05, 3.63) is 75.9 Å². The van der Waals surface area contributed by atoms with Crippen molar-refractivity contribution in [3.8, 4) is 0 Å². The van der Waals surface area contributed by atoms with E-state index in [1.54, 1.807) is 18.2 Å². The molecule has 0 bridgehead atoms. The van der Waals surface area contributed by atoms with Gasteiger partial charge in [0.15, 0.2) is 5.70 Å². The fourth-order valence-corrected chi connectivity index (χ4v) is 2.51. The van der Waals surface area contributed by atoms with Crippen molar-refractivity contribution >= 4 is 29.5 Å². The third-order valence-electron chi connectivity index (χ3n) is 3.63.